The zero-order chi connectivity index (χ0) is 13.0. The summed E-state index contributed by atoms with van der Waals surface area (Å²) in [6.07, 6.45) is 1.48. The number of ether oxygens (including phenoxy) is 1. The second kappa shape index (κ2) is 5.99. The number of hydrogen-bond acceptors (Lipinski definition) is 3. The number of benzene rings is 1. The third kappa shape index (κ3) is 3.32. The van der Waals surface area contributed by atoms with E-state index in [0.29, 0.717) is 17.6 Å². The number of nitrogens with one attached hydrogen (secondary N) is 1. The summed E-state index contributed by atoms with van der Waals surface area (Å²) >= 11 is 0. The lowest BCUT2D eigenvalue weighted by atomic mass is 10.0. The average molecular weight is 244 g/mol. The first-order valence-electron chi connectivity index (χ1n) is 6.55. The van der Waals surface area contributed by atoms with Crippen molar-refractivity contribution in [3.63, 3.8) is 0 Å². The van der Waals surface area contributed by atoms with Crippen LogP contribution < -0.4 is 5.32 Å². The standard InChI is InChI=1S/C15H20N2O/c1-11(2)7-14-9-17-10-15(18-14)13-5-3-12(8-16)4-6-13/h3-6,11,14-15,17H,7,9-10H2,1-2H3. The fourth-order valence-electron chi connectivity index (χ4n) is 2.34. The van der Waals surface area contributed by atoms with Crippen LogP contribution in [-0.2, 0) is 4.74 Å². The SMILES string of the molecule is CC(C)CC1CNCC(c2ccc(C#N)cc2)O1. The first-order chi connectivity index (χ1) is 8.69. The molecule has 1 aliphatic rings. The Hall–Kier alpha value is -1.37. The molecule has 1 aromatic rings. The van der Waals surface area contributed by atoms with Gasteiger partial charge in [-0.25, -0.2) is 0 Å². The van der Waals surface area contributed by atoms with Crippen molar-refractivity contribution >= 4 is 0 Å². The topological polar surface area (TPSA) is 45.0 Å². The Morgan fingerprint density at radius 2 is 2.06 bits per heavy atom. The van der Waals surface area contributed by atoms with Crippen LogP contribution in [0.1, 0.15) is 37.5 Å². The molecular formula is C15H20N2O. The summed E-state index contributed by atoms with van der Waals surface area (Å²) in [7, 11) is 0. The third-order valence-electron chi connectivity index (χ3n) is 3.20. The van der Waals surface area contributed by atoms with Crippen LogP contribution in [0.2, 0.25) is 0 Å². The van der Waals surface area contributed by atoms with Crippen molar-refractivity contribution in [1.29, 1.82) is 5.26 Å². The Morgan fingerprint density at radius 3 is 2.67 bits per heavy atom. The zero-order valence-corrected chi connectivity index (χ0v) is 11.0. The Kier molecular flexibility index (Phi) is 4.35. The van der Waals surface area contributed by atoms with Gasteiger partial charge in [0.15, 0.2) is 0 Å². The van der Waals surface area contributed by atoms with Gasteiger partial charge in [0.05, 0.1) is 23.8 Å². The van der Waals surface area contributed by atoms with Crippen molar-refractivity contribution in [2.75, 3.05) is 13.1 Å². The van der Waals surface area contributed by atoms with Gasteiger partial charge in [-0.15, -0.1) is 0 Å². The van der Waals surface area contributed by atoms with E-state index in [-0.39, 0.29) is 6.10 Å². The first-order valence-corrected chi connectivity index (χ1v) is 6.55. The summed E-state index contributed by atoms with van der Waals surface area (Å²) in [5.74, 6) is 0.650. The highest BCUT2D eigenvalue weighted by Gasteiger charge is 2.23. The summed E-state index contributed by atoms with van der Waals surface area (Å²) < 4.78 is 6.11. The van der Waals surface area contributed by atoms with Gasteiger partial charge in [-0.05, 0) is 30.0 Å². The smallest absolute Gasteiger partial charge is 0.0991 e. The van der Waals surface area contributed by atoms with Crippen molar-refractivity contribution in [3.8, 4) is 6.07 Å². The minimum absolute atomic E-state index is 0.107. The largest absolute Gasteiger partial charge is 0.368 e. The molecule has 1 aromatic carbocycles. The number of rotatable bonds is 3. The molecule has 2 atom stereocenters. The molecule has 1 fully saturated rings. The minimum atomic E-state index is 0.107. The molecule has 18 heavy (non-hydrogen) atoms. The summed E-state index contributed by atoms with van der Waals surface area (Å²) in [5.41, 5.74) is 1.84. The molecule has 1 aliphatic heterocycles. The van der Waals surface area contributed by atoms with Crippen molar-refractivity contribution in [3.05, 3.63) is 35.4 Å². The lowest BCUT2D eigenvalue weighted by Crippen LogP contribution is -2.41. The quantitative estimate of drug-likeness (QED) is 0.889. The lowest BCUT2D eigenvalue weighted by Gasteiger charge is -2.32. The average Bonchev–Trinajstić information content (AvgIpc) is 2.38. The summed E-state index contributed by atoms with van der Waals surface area (Å²) in [6, 6.07) is 9.82. The van der Waals surface area contributed by atoms with Gasteiger partial charge in [-0.2, -0.15) is 5.26 Å². The second-order valence-corrected chi connectivity index (χ2v) is 5.27. The molecule has 2 rings (SSSR count). The van der Waals surface area contributed by atoms with Crippen LogP contribution in [0, 0.1) is 17.2 Å². The van der Waals surface area contributed by atoms with Crippen LogP contribution in [0.3, 0.4) is 0 Å². The number of morpholine rings is 1. The molecule has 2 unspecified atom stereocenters. The fraction of sp³-hybridized carbons (Fsp3) is 0.533. The van der Waals surface area contributed by atoms with E-state index in [9.17, 15) is 0 Å². The Balaban J connectivity index is 2.01. The predicted molar refractivity (Wildman–Crippen MR) is 71.1 cm³/mol. The van der Waals surface area contributed by atoms with E-state index < -0.39 is 0 Å². The van der Waals surface area contributed by atoms with Gasteiger partial charge in [-0.3, -0.25) is 0 Å². The molecule has 0 amide bonds. The van der Waals surface area contributed by atoms with Gasteiger partial charge < -0.3 is 10.1 Å². The maximum atomic E-state index is 8.79. The fourth-order valence-corrected chi connectivity index (χ4v) is 2.34. The molecule has 0 bridgehead atoms. The van der Waals surface area contributed by atoms with Gasteiger partial charge in [0.1, 0.15) is 0 Å². The Labute approximate surface area is 109 Å². The van der Waals surface area contributed by atoms with E-state index in [2.05, 4.69) is 25.2 Å². The van der Waals surface area contributed by atoms with Gasteiger partial charge >= 0.3 is 0 Å². The van der Waals surface area contributed by atoms with Gasteiger partial charge in [0, 0.05) is 13.1 Å². The Morgan fingerprint density at radius 1 is 1.33 bits per heavy atom. The lowest BCUT2D eigenvalue weighted by molar-refractivity contribution is -0.0473. The molecule has 0 radical (unpaired) electrons. The maximum Gasteiger partial charge on any atom is 0.0991 e. The summed E-state index contributed by atoms with van der Waals surface area (Å²) in [6.45, 7) is 6.22. The molecule has 96 valence electrons. The molecule has 1 N–H and O–H groups in total. The molecule has 0 saturated carbocycles. The molecule has 1 heterocycles. The number of hydrogen-bond donors (Lipinski definition) is 1. The van der Waals surface area contributed by atoms with E-state index in [0.717, 1.165) is 25.1 Å². The van der Waals surface area contributed by atoms with E-state index in [1.165, 1.54) is 0 Å². The van der Waals surface area contributed by atoms with Gasteiger partial charge in [0.2, 0.25) is 0 Å². The second-order valence-electron chi connectivity index (χ2n) is 5.27. The summed E-state index contributed by atoms with van der Waals surface area (Å²) in [5, 5.41) is 12.2. The van der Waals surface area contributed by atoms with E-state index in [1.807, 2.05) is 24.3 Å². The monoisotopic (exact) mass is 244 g/mol. The highest BCUT2D eigenvalue weighted by atomic mass is 16.5. The molecule has 1 saturated heterocycles. The number of nitriles is 1. The van der Waals surface area contributed by atoms with Crippen LogP contribution in [0.5, 0.6) is 0 Å². The van der Waals surface area contributed by atoms with Crippen molar-refractivity contribution in [2.45, 2.75) is 32.5 Å². The zero-order valence-electron chi connectivity index (χ0n) is 11.0. The molecule has 0 aromatic heterocycles. The highest BCUT2D eigenvalue weighted by molar-refractivity contribution is 5.32. The highest BCUT2D eigenvalue weighted by Crippen LogP contribution is 2.24. The van der Waals surface area contributed by atoms with Crippen molar-refractivity contribution in [2.24, 2.45) is 5.92 Å². The normalized spacial score (nSPS) is 23.9. The van der Waals surface area contributed by atoms with E-state index in [1.54, 1.807) is 0 Å². The summed E-state index contributed by atoms with van der Waals surface area (Å²) in [4.78, 5) is 0. The van der Waals surface area contributed by atoms with Gasteiger partial charge in [-0.1, -0.05) is 26.0 Å². The van der Waals surface area contributed by atoms with Crippen LogP contribution in [0.4, 0.5) is 0 Å². The van der Waals surface area contributed by atoms with Crippen LogP contribution >= 0.6 is 0 Å². The predicted octanol–water partition coefficient (Wildman–Crippen LogP) is 2.63. The molecular weight excluding hydrogens is 224 g/mol. The molecule has 0 aliphatic carbocycles. The van der Waals surface area contributed by atoms with Crippen LogP contribution in [0.15, 0.2) is 24.3 Å². The first kappa shape index (κ1) is 13.1. The van der Waals surface area contributed by atoms with Crippen molar-refractivity contribution in [1.82, 2.24) is 5.32 Å². The Bertz CT molecular complexity index is 419. The van der Waals surface area contributed by atoms with Crippen LogP contribution in [0.25, 0.3) is 0 Å². The van der Waals surface area contributed by atoms with E-state index >= 15 is 0 Å². The third-order valence-corrected chi connectivity index (χ3v) is 3.20. The maximum absolute atomic E-state index is 8.79. The van der Waals surface area contributed by atoms with Crippen molar-refractivity contribution < 1.29 is 4.74 Å². The van der Waals surface area contributed by atoms with E-state index in [4.69, 9.17) is 10.00 Å². The minimum Gasteiger partial charge on any atom is -0.368 e. The van der Waals surface area contributed by atoms with Crippen LogP contribution in [-0.4, -0.2) is 19.2 Å². The molecule has 3 heteroatoms. The molecule has 0 spiro atoms. The number of nitrogens with zero attached hydrogens (tertiary/aromatic N) is 1. The van der Waals surface area contributed by atoms with Gasteiger partial charge in [0.25, 0.3) is 0 Å². The molecule has 3 nitrogen and oxygen atoms in total.